The molecule has 1 aliphatic rings. The van der Waals surface area contributed by atoms with Gasteiger partial charge in [-0.1, -0.05) is 0 Å². The number of likely N-dealkylation sites (N-methyl/N-ethyl adjacent to an activating group) is 1. The monoisotopic (exact) mass is 277 g/mol. The van der Waals surface area contributed by atoms with E-state index in [9.17, 15) is 5.11 Å². The summed E-state index contributed by atoms with van der Waals surface area (Å²) in [4.78, 5) is 19.8. The molecule has 1 aliphatic heterocycles. The van der Waals surface area contributed by atoms with Crippen molar-refractivity contribution in [3.63, 3.8) is 0 Å². The number of imidazole rings is 1. The third kappa shape index (κ3) is 2.27. The summed E-state index contributed by atoms with van der Waals surface area (Å²) in [5.41, 5.74) is 7.07. The molecular weight excluding hydrogens is 258 g/mol. The molecular formula is C12H19N7O. The minimum atomic E-state index is -0.353. The topological polar surface area (TPSA) is 107 Å². The molecule has 0 aromatic carbocycles. The van der Waals surface area contributed by atoms with Crippen LogP contribution < -0.4 is 10.6 Å². The van der Waals surface area contributed by atoms with Crippen molar-refractivity contribution >= 4 is 22.9 Å². The minimum absolute atomic E-state index is 0.195. The molecule has 0 aliphatic carbocycles. The summed E-state index contributed by atoms with van der Waals surface area (Å²) in [6, 6.07) is 0.195. The number of hydrogen-bond acceptors (Lipinski definition) is 7. The summed E-state index contributed by atoms with van der Waals surface area (Å²) < 4.78 is 0. The minimum Gasteiger partial charge on any atom is -0.391 e. The Bertz CT molecular complexity index is 611. The Balaban J connectivity index is 2.02. The molecule has 0 saturated carbocycles. The Morgan fingerprint density at radius 1 is 1.50 bits per heavy atom. The van der Waals surface area contributed by atoms with E-state index >= 15 is 0 Å². The van der Waals surface area contributed by atoms with Gasteiger partial charge in [-0.25, -0.2) is 4.98 Å². The van der Waals surface area contributed by atoms with E-state index < -0.39 is 0 Å². The normalized spacial score (nSPS) is 23.1. The fraction of sp³-hybridized carbons (Fsp3) is 0.583. The second-order valence-corrected chi connectivity index (χ2v) is 5.46. The highest BCUT2D eigenvalue weighted by molar-refractivity contribution is 5.84. The first-order valence-corrected chi connectivity index (χ1v) is 6.60. The number of nitrogens with two attached hydrogens (primary N) is 1. The van der Waals surface area contributed by atoms with Gasteiger partial charge in [-0.3, -0.25) is 0 Å². The second kappa shape index (κ2) is 4.88. The number of β-amino-alcohol motifs (C(OH)–C–C–N with tert-alkyl or cyclic N) is 1. The van der Waals surface area contributed by atoms with E-state index in [-0.39, 0.29) is 18.1 Å². The molecule has 1 fully saturated rings. The Labute approximate surface area is 116 Å². The number of fused-ring (bicyclic) bond motifs is 1. The predicted octanol–water partition coefficient (Wildman–Crippen LogP) is -0.564. The highest BCUT2D eigenvalue weighted by Crippen LogP contribution is 2.29. The number of aromatic amines is 1. The van der Waals surface area contributed by atoms with Crippen molar-refractivity contribution in [1.29, 1.82) is 0 Å². The molecule has 2 atom stereocenters. The van der Waals surface area contributed by atoms with Gasteiger partial charge in [-0.15, -0.1) is 0 Å². The maximum Gasteiger partial charge on any atom is 0.224 e. The predicted molar refractivity (Wildman–Crippen MR) is 76.4 cm³/mol. The van der Waals surface area contributed by atoms with Gasteiger partial charge in [0.1, 0.15) is 5.52 Å². The molecule has 8 heteroatoms. The van der Waals surface area contributed by atoms with Crippen LogP contribution in [0.25, 0.3) is 11.2 Å². The lowest BCUT2D eigenvalue weighted by molar-refractivity contribution is 0.191. The number of aliphatic hydroxyl groups is 1. The Kier molecular flexibility index (Phi) is 3.19. The van der Waals surface area contributed by atoms with E-state index in [1.165, 1.54) is 0 Å². The summed E-state index contributed by atoms with van der Waals surface area (Å²) in [6.07, 6.45) is 1.95. The number of anilines is 2. The number of H-pyrrole nitrogens is 1. The average Bonchev–Trinajstić information content (AvgIpc) is 2.94. The zero-order chi connectivity index (χ0) is 14.3. The maximum absolute atomic E-state index is 9.98. The molecule has 8 nitrogen and oxygen atoms in total. The largest absolute Gasteiger partial charge is 0.391 e. The summed E-state index contributed by atoms with van der Waals surface area (Å²) >= 11 is 0. The molecule has 3 heterocycles. The zero-order valence-electron chi connectivity index (χ0n) is 11.6. The molecule has 0 bridgehead atoms. The quantitative estimate of drug-likeness (QED) is 0.690. The fourth-order valence-electron chi connectivity index (χ4n) is 2.79. The van der Waals surface area contributed by atoms with Crippen LogP contribution in [0.15, 0.2) is 6.33 Å². The highest BCUT2D eigenvalue weighted by Gasteiger charge is 2.33. The summed E-state index contributed by atoms with van der Waals surface area (Å²) in [5, 5.41) is 9.98. The summed E-state index contributed by atoms with van der Waals surface area (Å²) in [5.74, 6) is 0.915. The van der Waals surface area contributed by atoms with Crippen molar-refractivity contribution in [2.45, 2.75) is 18.6 Å². The van der Waals surface area contributed by atoms with E-state index in [0.717, 1.165) is 18.5 Å². The second-order valence-electron chi connectivity index (χ2n) is 5.46. The lowest BCUT2D eigenvalue weighted by atomic mass is 10.2. The van der Waals surface area contributed by atoms with Gasteiger partial charge in [-0.2, -0.15) is 9.97 Å². The SMILES string of the molecule is CN(C)CC1CC(O)CN1c1nc(N)nc2nc[nH]c12. The van der Waals surface area contributed by atoms with Crippen LogP contribution >= 0.6 is 0 Å². The number of rotatable bonds is 3. The molecule has 0 amide bonds. The third-order valence-corrected chi connectivity index (χ3v) is 3.52. The van der Waals surface area contributed by atoms with Crippen molar-refractivity contribution in [2.24, 2.45) is 0 Å². The van der Waals surface area contributed by atoms with E-state index in [1.54, 1.807) is 6.33 Å². The molecule has 1 saturated heterocycles. The van der Waals surface area contributed by atoms with Gasteiger partial charge in [0.25, 0.3) is 0 Å². The summed E-state index contributed by atoms with van der Waals surface area (Å²) in [6.45, 7) is 1.39. The van der Waals surface area contributed by atoms with Gasteiger partial charge in [0.2, 0.25) is 5.95 Å². The third-order valence-electron chi connectivity index (χ3n) is 3.52. The van der Waals surface area contributed by atoms with Crippen molar-refractivity contribution in [1.82, 2.24) is 24.8 Å². The molecule has 2 unspecified atom stereocenters. The number of nitrogens with one attached hydrogen (secondary N) is 1. The lowest BCUT2D eigenvalue weighted by Crippen LogP contribution is -2.38. The zero-order valence-corrected chi connectivity index (χ0v) is 11.6. The number of aliphatic hydroxyl groups excluding tert-OH is 1. The van der Waals surface area contributed by atoms with Crippen LogP contribution in [0, 0.1) is 0 Å². The smallest absolute Gasteiger partial charge is 0.224 e. The van der Waals surface area contributed by atoms with Gasteiger partial charge < -0.3 is 25.6 Å². The van der Waals surface area contributed by atoms with Crippen LogP contribution in [-0.2, 0) is 0 Å². The number of nitrogen functional groups attached to an aromatic ring is 1. The highest BCUT2D eigenvalue weighted by atomic mass is 16.3. The van der Waals surface area contributed by atoms with E-state index in [1.807, 2.05) is 14.1 Å². The Hall–Kier alpha value is -1.93. The number of hydrogen-bond donors (Lipinski definition) is 3. The first-order valence-electron chi connectivity index (χ1n) is 6.60. The lowest BCUT2D eigenvalue weighted by Gasteiger charge is -2.27. The Morgan fingerprint density at radius 2 is 2.30 bits per heavy atom. The van der Waals surface area contributed by atoms with Gasteiger partial charge in [-0.05, 0) is 20.5 Å². The first-order chi connectivity index (χ1) is 9.54. The van der Waals surface area contributed by atoms with Gasteiger partial charge >= 0.3 is 0 Å². The van der Waals surface area contributed by atoms with Crippen molar-refractivity contribution < 1.29 is 5.11 Å². The molecule has 0 spiro atoms. The van der Waals surface area contributed by atoms with Gasteiger partial charge in [0.15, 0.2) is 11.5 Å². The van der Waals surface area contributed by atoms with Crippen LogP contribution in [0.2, 0.25) is 0 Å². The molecule has 4 N–H and O–H groups in total. The summed E-state index contributed by atoms with van der Waals surface area (Å²) in [7, 11) is 4.03. The molecule has 0 radical (unpaired) electrons. The van der Waals surface area contributed by atoms with Gasteiger partial charge in [0.05, 0.1) is 12.4 Å². The van der Waals surface area contributed by atoms with Crippen molar-refractivity contribution in [3.05, 3.63) is 6.33 Å². The van der Waals surface area contributed by atoms with Crippen LogP contribution in [0.3, 0.4) is 0 Å². The van der Waals surface area contributed by atoms with Crippen molar-refractivity contribution in [3.8, 4) is 0 Å². The average molecular weight is 277 g/mol. The van der Waals surface area contributed by atoms with E-state index in [4.69, 9.17) is 5.73 Å². The molecule has 108 valence electrons. The van der Waals surface area contributed by atoms with Crippen LogP contribution in [0.1, 0.15) is 6.42 Å². The standard InChI is InChI=1S/C12H19N7O/c1-18(2)4-7-3-8(20)5-19(7)11-9-10(15-6-14-9)16-12(13)17-11/h6-8,20H,3-5H2,1-2H3,(H3,13,14,15,16,17). The van der Waals surface area contributed by atoms with E-state index in [2.05, 4.69) is 29.7 Å². The Morgan fingerprint density at radius 3 is 3.05 bits per heavy atom. The van der Waals surface area contributed by atoms with Crippen LogP contribution in [-0.4, -0.2) is 69.3 Å². The number of aromatic nitrogens is 4. The van der Waals surface area contributed by atoms with Crippen LogP contribution in [0.5, 0.6) is 0 Å². The first kappa shape index (κ1) is 13.1. The van der Waals surface area contributed by atoms with Crippen molar-refractivity contribution in [2.75, 3.05) is 37.8 Å². The number of nitrogens with zero attached hydrogens (tertiary/aromatic N) is 5. The molecule has 20 heavy (non-hydrogen) atoms. The van der Waals surface area contributed by atoms with E-state index in [0.29, 0.717) is 18.0 Å². The fourth-order valence-corrected chi connectivity index (χ4v) is 2.79. The molecule has 2 aromatic rings. The molecule has 2 aromatic heterocycles. The maximum atomic E-state index is 9.98. The molecule has 3 rings (SSSR count). The van der Waals surface area contributed by atoms with Crippen LogP contribution in [0.4, 0.5) is 11.8 Å². The van der Waals surface area contributed by atoms with Gasteiger partial charge in [0, 0.05) is 19.1 Å².